The minimum absolute atomic E-state index is 0.408. The highest BCUT2D eigenvalue weighted by molar-refractivity contribution is 5.05. The van der Waals surface area contributed by atoms with Gasteiger partial charge in [-0.05, 0) is 46.7 Å². The van der Waals surface area contributed by atoms with Crippen LogP contribution in [0, 0.1) is 11.3 Å². The van der Waals surface area contributed by atoms with E-state index in [2.05, 4.69) is 44.0 Å². The quantitative estimate of drug-likeness (QED) is 0.708. The van der Waals surface area contributed by atoms with Crippen LogP contribution in [0.5, 0.6) is 0 Å². The third kappa shape index (κ3) is 5.06. The van der Waals surface area contributed by atoms with Crippen molar-refractivity contribution in [3.63, 3.8) is 0 Å². The first-order chi connectivity index (χ1) is 7.94. The summed E-state index contributed by atoms with van der Waals surface area (Å²) in [4.78, 5) is 2.48. The largest absolute Gasteiger partial charge is 0.300 e. The molecule has 3 atom stereocenters. The zero-order valence-corrected chi connectivity index (χ0v) is 12.4. The molecular weight excluding hydrogens is 210 g/mol. The Labute approximate surface area is 107 Å². The zero-order valence-electron chi connectivity index (χ0n) is 12.4. The summed E-state index contributed by atoms with van der Waals surface area (Å²) in [5, 5.41) is 12.6. The van der Waals surface area contributed by atoms with Gasteiger partial charge in [0.25, 0.3) is 0 Å². The molecule has 3 nitrogen and oxygen atoms in total. The summed E-state index contributed by atoms with van der Waals surface area (Å²) in [6.45, 7) is 14.8. The van der Waals surface area contributed by atoms with Gasteiger partial charge >= 0.3 is 0 Å². The van der Waals surface area contributed by atoms with Crippen LogP contribution in [0.15, 0.2) is 0 Å². The topological polar surface area (TPSA) is 39.1 Å². The van der Waals surface area contributed by atoms with Crippen molar-refractivity contribution in [2.24, 2.45) is 0 Å². The second-order valence-corrected chi connectivity index (χ2v) is 5.12. The Morgan fingerprint density at radius 1 is 1.24 bits per heavy atom. The highest BCUT2D eigenvalue weighted by atomic mass is 15.2. The van der Waals surface area contributed by atoms with E-state index in [0.717, 1.165) is 25.9 Å². The number of nitrogens with zero attached hydrogens (tertiary/aromatic N) is 2. The molecule has 17 heavy (non-hydrogen) atoms. The van der Waals surface area contributed by atoms with Crippen molar-refractivity contribution in [1.82, 2.24) is 10.2 Å². The van der Waals surface area contributed by atoms with E-state index in [0.29, 0.717) is 12.1 Å². The molecule has 1 N–H and O–H groups in total. The third-order valence-electron chi connectivity index (χ3n) is 3.61. The number of rotatable bonds is 8. The Balaban J connectivity index is 4.59. The van der Waals surface area contributed by atoms with Gasteiger partial charge < -0.3 is 0 Å². The van der Waals surface area contributed by atoms with E-state index in [4.69, 9.17) is 0 Å². The number of nitriles is 1. The molecule has 0 bridgehead atoms. The molecule has 0 rings (SSSR count). The molecule has 0 amide bonds. The lowest BCUT2D eigenvalue weighted by atomic mass is 9.93. The van der Waals surface area contributed by atoms with Crippen LogP contribution in [-0.4, -0.2) is 35.6 Å². The second kappa shape index (κ2) is 7.68. The summed E-state index contributed by atoms with van der Waals surface area (Å²) >= 11 is 0. The summed E-state index contributed by atoms with van der Waals surface area (Å²) in [6, 6.07) is 3.42. The molecule has 0 spiro atoms. The summed E-state index contributed by atoms with van der Waals surface area (Å²) in [5.41, 5.74) is -0.408. The number of nitrogens with one attached hydrogen (secondary N) is 1. The van der Waals surface area contributed by atoms with Crippen LogP contribution >= 0.6 is 0 Å². The van der Waals surface area contributed by atoms with E-state index >= 15 is 0 Å². The van der Waals surface area contributed by atoms with E-state index in [1.165, 1.54) is 0 Å². The maximum absolute atomic E-state index is 9.28. The van der Waals surface area contributed by atoms with Gasteiger partial charge in [-0.3, -0.25) is 10.2 Å². The molecule has 0 aliphatic carbocycles. The lowest BCUT2D eigenvalue weighted by Crippen LogP contribution is -2.49. The molecule has 100 valence electrons. The molecular formula is C14H29N3. The van der Waals surface area contributed by atoms with E-state index in [9.17, 15) is 5.26 Å². The Kier molecular flexibility index (Phi) is 7.41. The van der Waals surface area contributed by atoms with Gasteiger partial charge in [0.05, 0.1) is 6.07 Å². The predicted molar refractivity (Wildman–Crippen MR) is 73.9 cm³/mol. The lowest BCUT2D eigenvalue weighted by molar-refractivity contribution is 0.135. The monoisotopic (exact) mass is 239 g/mol. The van der Waals surface area contributed by atoms with Gasteiger partial charge in [0.15, 0.2) is 0 Å². The zero-order chi connectivity index (χ0) is 13.5. The SMILES string of the molecule is CCNC(C)(C#N)CC(C)N(CC)C(C)CC. The predicted octanol–water partition coefficient (Wildman–Crippen LogP) is 2.78. The van der Waals surface area contributed by atoms with Crippen molar-refractivity contribution in [3.05, 3.63) is 0 Å². The molecule has 3 heteroatoms. The number of hydrogen-bond acceptors (Lipinski definition) is 3. The van der Waals surface area contributed by atoms with Crippen LogP contribution in [0.4, 0.5) is 0 Å². The highest BCUT2D eigenvalue weighted by Crippen LogP contribution is 2.18. The summed E-state index contributed by atoms with van der Waals surface area (Å²) in [6.07, 6.45) is 2.03. The van der Waals surface area contributed by atoms with Crippen molar-refractivity contribution in [3.8, 4) is 6.07 Å². The first-order valence-corrected chi connectivity index (χ1v) is 6.86. The van der Waals surface area contributed by atoms with Crippen LogP contribution in [-0.2, 0) is 0 Å². The molecule has 0 aromatic carbocycles. The molecule has 0 radical (unpaired) electrons. The van der Waals surface area contributed by atoms with Gasteiger partial charge in [-0.25, -0.2) is 0 Å². The van der Waals surface area contributed by atoms with Gasteiger partial charge in [0, 0.05) is 12.1 Å². The molecule has 3 unspecified atom stereocenters. The first-order valence-electron chi connectivity index (χ1n) is 6.86. The Morgan fingerprint density at radius 2 is 1.82 bits per heavy atom. The smallest absolute Gasteiger partial charge is 0.105 e. The Morgan fingerprint density at radius 3 is 2.18 bits per heavy atom. The fourth-order valence-electron chi connectivity index (χ4n) is 2.55. The fourth-order valence-corrected chi connectivity index (χ4v) is 2.55. The minimum Gasteiger partial charge on any atom is -0.300 e. The average molecular weight is 239 g/mol. The van der Waals surface area contributed by atoms with Gasteiger partial charge in [-0.2, -0.15) is 5.26 Å². The van der Waals surface area contributed by atoms with E-state index in [1.54, 1.807) is 0 Å². The summed E-state index contributed by atoms with van der Waals surface area (Å²) in [5.74, 6) is 0. The average Bonchev–Trinajstić information content (AvgIpc) is 2.29. The van der Waals surface area contributed by atoms with Gasteiger partial charge in [0.1, 0.15) is 5.54 Å². The van der Waals surface area contributed by atoms with Crippen LogP contribution in [0.2, 0.25) is 0 Å². The molecule has 0 aliphatic heterocycles. The summed E-state index contributed by atoms with van der Waals surface area (Å²) < 4.78 is 0. The normalized spacial score (nSPS) is 18.5. The second-order valence-electron chi connectivity index (χ2n) is 5.12. The Bertz CT molecular complexity index is 246. The van der Waals surface area contributed by atoms with E-state index in [-0.39, 0.29) is 0 Å². The van der Waals surface area contributed by atoms with Crippen LogP contribution < -0.4 is 5.32 Å². The molecule has 0 aromatic rings. The van der Waals surface area contributed by atoms with Crippen molar-refractivity contribution in [1.29, 1.82) is 5.26 Å². The standard InChI is InChI=1S/C14H29N3/c1-7-12(4)17(9-3)13(5)10-14(6,11-15)16-8-2/h12-13,16H,7-10H2,1-6H3. The maximum atomic E-state index is 9.28. The van der Waals surface area contributed by atoms with Crippen molar-refractivity contribution in [2.75, 3.05) is 13.1 Å². The summed E-state index contributed by atoms with van der Waals surface area (Å²) in [7, 11) is 0. The lowest BCUT2D eigenvalue weighted by Gasteiger charge is -2.36. The molecule has 0 saturated heterocycles. The van der Waals surface area contributed by atoms with Crippen molar-refractivity contribution in [2.45, 2.75) is 72.0 Å². The molecule has 0 aromatic heterocycles. The Hall–Kier alpha value is -0.590. The van der Waals surface area contributed by atoms with Crippen LogP contribution in [0.25, 0.3) is 0 Å². The minimum atomic E-state index is -0.408. The first kappa shape index (κ1) is 16.4. The van der Waals surface area contributed by atoms with Crippen molar-refractivity contribution >= 4 is 0 Å². The van der Waals surface area contributed by atoms with E-state index < -0.39 is 5.54 Å². The molecule has 0 fully saturated rings. The van der Waals surface area contributed by atoms with Gasteiger partial charge in [-0.1, -0.05) is 20.8 Å². The van der Waals surface area contributed by atoms with Gasteiger partial charge in [-0.15, -0.1) is 0 Å². The van der Waals surface area contributed by atoms with Crippen molar-refractivity contribution < 1.29 is 0 Å². The van der Waals surface area contributed by atoms with E-state index in [1.807, 2.05) is 13.8 Å². The molecule has 0 saturated carbocycles. The fraction of sp³-hybridized carbons (Fsp3) is 0.929. The van der Waals surface area contributed by atoms with Gasteiger partial charge in [0.2, 0.25) is 0 Å². The third-order valence-corrected chi connectivity index (χ3v) is 3.61. The molecule has 0 heterocycles. The molecule has 0 aliphatic rings. The van der Waals surface area contributed by atoms with Crippen LogP contribution in [0.3, 0.4) is 0 Å². The number of hydrogen-bond donors (Lipinski definition) is 1. The maximum Gasteiger partial charge on any atom is 0.105 e. The highest BCUT2D eigenvalue weighted by Gasteiger charge is 2.28. The van der Waals surface area contributed by atoms with Crippen LogP contribution in [0.1, 0.15) is 54.4 Å².